The van der Waals surface area contributed by atoms with Crippen molar-refractivity contribution in [1.82, 2.24) is 0 Å². The van der Waals surface area contributed by atoms with Crippen molar-refractivity contribution in [1.29, 1.82) is 0 Å². The minimum Gasteiger partial charge on any atom is -0.0842 e. The van der Waals surface area contributed by atoms with Gasteiger partial charge in [0.05, 0.1) is 0 Å². The van der Waals surface area contributed by atoms with Crippen LogP contribution in [0.1, 0.15) is 75.2 Å². The summed E-state index contributed by atoms with van der Waals surface area (Å²) in [6.45, 7) is 18.5. The van der Waals surface area contributed by atoms with Crippen molar-refractivity contribution >= 4 is 0 Å². The van der Waals surface area contributed by atoms with E-state index in [0.717, 1.165) is 5.92 Å². The molecule has 0 aliphatic heterocycles. The van der Waals surface area contributed by atoms with Crippen molar-refractivity contribution < 1.29 is 0 Å². The van der Waals surface area contributed by atoms with E-state index in [1.54, 1.807) is 0 Å². The maximum atomic E-state index is 2.18. The average Bonchev–Trinajstić information content (AvgIpc) is 2.63. The number of benzene rings is 1. The van der Waals surface area contributed by atoms with Crippen LogP contribution in [-0.4, -0.2) is 0 Å². The third-order valence-corrected chi connectivity index (χ3v) is 1.55. The van der Waals surface area contributed by atoms with Gasteiger partial charge in [0.2, 0.25) is 0 Å². The zero-order valence-electron chi connectivity index (χ0n) is 16.8. The highest BCUT2D eigenvalue weighted by Gasteiger charge is 1.77. The first kappa shape index (κ1) is 28.8. The van der Waals surface area contributed by atoms with Crippen LogP contribution in [0.5, 0.6) is 0 Å². The molecule has 1 aliphatic rings. The van der Waals surface area contributed by atoms with Gasteiger partial charge >= 0.3 is 0 Å². The third-order valence-electron chi connectivity index (χ3n) is 1.55. The zero-order valence-corrected chi connectivity index (χ0v) is 16.8. The van der Waals surface area contributed by atoms with E-state index < -0.39 is 0 Å². The molecule has 1 aliphatic carbocycles. The van der Waals surface area contributed by atoms with E-state index in [4.69, 9.17) is 0 Å². The summed E-state index contributed by atoms with van der Waals surface area (Å²) < 4.78 is 0. The normalized spacial score (nSPS) is 9.73. The molecule has 0 N–H and O–H groups in total. The highest BCUT2D eigenvalue weighted by molar-refractivity contribution is 5.07. The van der Waals surface area contributed by atoms with Crippen LogP contribution < -0.4 is 0 Å². The monoisotopic (exact) mass is 306 g/mol. The molecule has 0 spiro atoms. The summed E-state index contributed by atoms with van der Waals surface area (Å²) in [5.41, 5.74) is 0. The minimum absolute atomic E-state index is 0.833. The van der Waals surface area contributed by atoms with E-state index in [1.165, 1.54) is 12.8 Å². The number of hydrogen-bond acceptors (Lipinski definition) is 0. The van der Waals surface area contributed by atoms with E-state index in [2.05, 4.69) is 45.1 Å². The maximum absolute atomic E-state index is 2.18. The molecule has 1 aromatic rings. The van der Waals surface area contributed by atoms with Crippen LogP contribution >= 0.6 is 0 Å². The van der Waals surface area contributed by atoms with Gasteiger partial charge in [0.15, 0.2) is 0 Å². The Labute approximate surface area is 142 Å². The molecule has 0 unspecified atom stereocenters. The zero-order chi connectivity index (χ0) is 18.1. The van der Waals surface area contributed by atoms with Crippen LogP contribution in [-0.2, 0) is 0 Å². The summed E-state index contributed by atoms with van der Waals surface area (Å²) in [4.78, 5) is 0. The summed E-state index contributed by atoms with van der Waals surface area (Å²) >= 11 is 0. The van der Waals surface area contributed by atoms with Crippen LogP contribution in [0.2, 0.25) is 0 Å². The van der Waals surface area contributed by atoms with Gasteiger partial charge in [-0.05, 0) is 18.8 Å². The Kier molecular flexibility index (Phi) is 48.1. The summed E-state index contributed by atoms with van der Waals surface area (Å²) in [5.74, 6) is 0.833. The topological polar surface area (TPSA) is 0 Å². The summed E-state index contributed by atoms with van der Waals surface area (Å²) in [6, 6.07) is 12.0. The van der Waals surface area contributed by atoms with Crippen LogP contribution in [0.4, 0.5) is 0 Å². The first-order valence-electron chi connectivity index (χ1n) is 9.05. The Morgan fingerprint density at radius 1 is 0.500 bits per heavy atom. The second-order valence-electron chi connectivity index (χ2n) is 4.32. The quantitative estimate of drug-likeness (QED) is 0.452. The number of rotatable bonds is 0. The van der Waals surface area contributed by atoms with Crippen LogP contribution in [0.15, 0.2) is 60.7 Å². The van der Waals surface area contributed by atoms with Gasteiger partial charge in [-0.1, -0.05) is 123 Å². The lowest BCUT2D eigenvalue weighted by molar-refractivity contribution is 0.737. The largest absolute Gasteiger partial charge is 0.0842 e. The van der Waals surface area contributed by atoms with Crippen molar-refractivity contribution in [3.05, 3.63) is 60.7 Å². The SMILES string of the molecule is C1=CCCC=C1.CC.CC.CC.CC(C)C.c1ccccc1. The Balaban J connectivity index is -0.0000000960. The predicted molar refractivity (Wildman–Crippen MR) is 109 cm³/mol. The molecule has 0 nitrogen and oxygen atoms in total. The number of allylic oxidation sites excluding steroid dienone is 4. The smallest absolute Gasteiger partial charge is 0.0313 e. The van der Waals surface area contributed by atoms with E-state index in [0.29, 0.717) is 0 Å². The Morgan fingerprint density at radius 3 is 0.773 bits per heavy atom. The lowest BCUT2D eigenvalue weighted by Crippen LogP contribution is -1.67. The van der Waals surface area contributed by atoms with E-state index >= 15 is 0 Å². The second-order valence-corrected chi connectivity index (χ2v) is 4.32. The molecule has 0 saturated heterocycles. The molecule has 2 rings (SSSR count). The molecule has 0 radical (unpaired) electrons. The fraction of sp³-hybridized carbons (Fsp3) is 0.545. The first-order valence-corrected chi connectivity index (χ1v) is 9.05. The predicted octanol–water partition coefficient (Wildman–Crippen LogP) is 8.32. The molecule has 22 heavy (non-hydrogen) atoms. The van der Waals surface area contributed by atoms with E-state index in [1.807, 2.05) is 77.9 Å². The summed E-state index contributed by atoms with van der Waals surface area (Å²) in [7, 11) is 0. The minimum atomic E-state index is 0.833. The van der Waals surface area contributed by atoms with Gasteiger partial charge in [-0.25, -0.2) is 0 Å². The van der Waals surface area contributed by atoms with Crippen molar-refractivity contribution in [3.8, 4) is 0 Å². The van der Waals surface area contributed by atoms with Crippen LogP contribution in [0, 0.1) is 5.92 Å². The van der Waals surface area contributed by atoms with Gasteiger partial charge in [-0.2, -0.15) is 0 Å². The van der Waals surface area contributed by atoms with Gasteiger partial charge in [0.25, 0.3) is 0 Å². The van der Waals surface area contributed by atoms with Gasteiger partial charge in [0, 0.05) is 0 Å². The first-order chi connectivity index (χ1) is 10.7. The van der Waals surface area contributed by atoms with Crippen molar-refractivity contribution in [2.45, 2.75) is 75.2 Å². The molecule has 0 heteroatoms. The second kappa shape index (κ2) is 36.7. The standard InChI is InChI=1S/C6H8.C6H6.C4H10.3C2H6/c2*1-2-4-6-5-3-1;1-4(2)3;3*1-2/h1-4H,5-6H2;1-6H;4H,1-3H3;3*1-2H3. The van der Waals surface area contributed by atoms with Crippen molar-refractivity contribution in [2.75, 3.05) is 0 Å². The Morgan fingerprint density at radius 2 is 0.682 bits per heavy atom. The molecule has 0 atom stereocenters. The molecule has 0 amide bonds. The third kappa shape index (κ3) is 51.2. The average molecular weight is 307 g/mol. The van der Waals surface area contributed by atoms with E-state index in [9.17, 15) is 0 Å². The molecule has 0 aromatic heterocycles. The van der Waals surface area contributed by atoms with Gasteiger partial charge in [-0.15, -0.1) is 0 Å². The lowest BCUT2D eigenvalue weighted by Gasteiger charge is -1.88. The molecule has 0 bridgehead atoms. The molecule has 0 heterocycles. The Bertz CT molecular complexity index is 226. The van der Waals surface area contributed by atoms with E-state index in [-0.39, 0.29) is 0 Å². The summed E-state index contributed by atoms with van der Waals surface area (Å²) in [5, 5.41) is 0. The molecular formula is C22H42. The molecule has 1 aromatic carbocycles. The maximum Gasteiger partial charge on any atom is -0.0313 e. The Hall–Kier alpha value is -1.30. The summed E-state index contributed by atoms with van der Waals surface area (Å²) in [6.07, 6.45) is 11.0. The highest BCUT2D eigenvalue weighted by atomic mass is 13.8. The van der Waals surface area contributed by atoms with Crippen molar-refractivity contribution in [3.63, 3.8) is 0 Å². The van der Waals surface area contributed by atoms with Gasteiger partial charge in [-0.3, -0.25) is 0 Å². The van der Waals surface area contributed by atoms with Crippen LogP contribution in [0.25, 0.3) is 0 Å². The highest BCUT2D eigenvalue weighted by Crippen LogP contribution is 1.98. The van der Waals surface area contributed by atoms with Gasteiger partial charge in [0.1, 0.15) is 0 Å². The lowest BCUT2D eigenvalue weighted by atomic mass is 10.2. The molecule has 130 valence electrons. The number of hydrogen-bond donors (Lipinski definition) is 0. The van der Waals surface area contributed by atoms with Gasteiger partial charge < -0.3 is 0 Å². The fourth-order valence-electron chi connectivity index (χ4n) is 0.927. The molecule has 0 saturated carbocycles. The molecular weight excluding hydrogens is 264 g/mol. The molecule has 0 fully saturated rings. The fourth-order valence-corrected chi connectivity index (χ4v) is 0.927. The van der Waals surface area contributed by atoms with Crippen LogP contribution in [0.3, 0.4) is 0 Å². The van der Waals surface area contributed by atoms with Crippen molar-refractivity contribution in [2.24, 2.45) is 5.92 Å².